The van der Waals surface area contributed by atoms with E-state index in [1.165, 1.54) is 36.9 Å². The summed E-state index contributed by atoms with van der Waals surface area (Å²) in [6, 6.07) is 38.2. The van der Waals surface area contributed by atoms with Gasteiger partial charge in [-0.2, -0.15) is 0 Å². The lowest BCUT2D eigenvalue weighted by molar-refractivity contribution is 0.655. The molecule has 0 aliphatic heterocycles. The van der Waals surface area contributed by atoms with E-state index < -0.39 is 0 Å². The predicted molar refractivity (Wildman–Crippen MR) is 151 cm³/mol. The predicted octanol–water partition coefficient (Wildman–Crippen LogP) is 9.23. The maximum atomic E-state index is 6.09. The molecule has 0 fully saturated rings. The molecule has 0 aliphatic rings. The second kappa shape index (κ2) is 7.48. The lowest BCUT2D eigenvalue weighted by atomic mass is 9.93. The molecular weight excluding hydrogens is 460 g/mol. The molecule has 4 heteroatoms. The summed E-state index contributed by atoms with van der Waals surface area (Å²) in [4.78, 5) is 9.60. The van der Waals surface area contributed by atoms with E-state index >= 15 is 0 Å². The van der Waals surface area contributed by atoms with Gasteiger partial charge in [0.05, 0.1) is 11.0 Å². The van der Waals surface area contributed by atoms with Crippen LogP contribution in [0.3, 0.4) is 0 Å². The number of rotatable bonds is 2. The smallest absolute Gasteiger partial charge is 0.246 e. The summed E-state index contributed by atoms with van der Waals surface area (Å²) in [7, 11) is 0. The van der Waals surface area contributed by atoms with E-state index in [2.05, 4.69) is 78.9 Å². The van der Waals surface area contributed by atoms with Crippen molar-refractivity contribution in [1.29, 1.82) is 0 Å². The zero-order chi connectivity index (χ0) is 23.6. The van der Waals surface area contributed by atoms with Crippen LogP contribution in [0, 0.1) is 0 Å². The van der Waals surface area contributed by atoms with Crippen LogP contribution in [0.2, 0.25) is 0 Å². The van der Waals surface area contributed by atoms with Crippen LogP contribution in [-0.2, 0) is 0 Å². The average molecular weight is 479 g/mol. The first-order valence-corrected chi connectivity index (χ1v) is 12.7. The van der Waals surface area contributed by atoms with Crippen LogP contribution in [0.15, 0.2) is 114 Å². The van der Waals surface area contributed by atoms with E-state index in [0.29, 0.717) is 5.71 Å². The van der Waals surface area contributed by atoms with Crippen LogP contribution in [-0.4, -0.2) is 9.97 Å². The minimum atomic E-state index is 0.573. The van der Waals surface area contributed by atoms with Gasteiger partial charge in [0, 0.05) is 31.1 Å². The van der Waals surface area contributed by atoms with Crippen molar-refractivity contribution in [2.45, 2.75) is 0 Å². The lowest BCUT2D eigenvalue weighted by Crippen LogP contribution is -1.86. The van der Waals surface area contributed by atoms with Gasteiger partial charge in [0.2, 0.25) is 5.71 Å². The molecular formula is C32H18N2OS. The Labute approximate surface area is 210 Å². The molecule has 0 aliphatic carbocycles. The van der Waals surface area contributed by atoms with Gasteiger partial charge in [-0.05, 0) is 47.0 Å². The largest absolute Gasteiger partial charge is 0.436 e. The number of thiophene rings is 1. The maximum absolute atomic E-state index is 6.09. The van der Waals surface area contributed by atoms with Crippen molar-refractivity contribution in [2.75, 3.05) is 0 Å². The Bertz CT molecular complexity index is 2120. The topological polar surface area (TPSA) is 38.9 Å². The third kappa shape index (κ3) is 2.85. The van der Waals surface area contributed by atoms with Crippen molar-refractivity contribution < 1.29 is 4.42 Å². The van der Waals surface area contributed by atoms with E-state index in [9.17, 15) is 0 Å². The van der Waals surface area contributed by atoms with E-state index in [0.717, 1.165) is 33.1 Å². The van der Waals surface area contributed by atoms with Gasteiger partial charge in [-0.25, -0.2) is 9.97 Å². The average Bonchev–Trinajstić information content (AvgIpc) is 3.49. The van der Waals surface area contributed by atoms with Crippen molar-refractivity contribution >= 4 is 64.7 Å². The number of benzene rings is 5. The van der Waals surface area contributed by atoms with Gasteiger partial charge in [0.1, 0.15) is 11.1 Å². The fraction of sp³-hybridized carbons (Fsp3) is 0. The second-order valence-electron chi connectivity index (χ2n) is 9.01. The first-order valence-electron chi connectivity index (χ1n) is 11.9. The Morgan fingerprint density at radius 1 is 0.556 bits per heavy atom. The van der Waals surface area contributed by atoms with Gasteiger partial charge in [-0.3, -0.25) is 0 Å². The number of hydrogen-bond donors (Lipinski definition) is 0. The zero-order valence-corrected chi connectivity index (χ0v) is 19.9. The summed E-state index contributed by atoms with van der Waals surface area (Å²) in [6.07, 6.45) is 0. The Hall–Kier alpha value is -4.54. The van der Waals surface area contributed by atoms with Crippen LogP contribution >= 0.6 is 11.3 Å². The highest BCUT2D eigenvalue weighted by molar-refractivity contribution is 7.26. The molecule has 5 aromatic carbocycles. The van der Waals surface area contributed by atoms with Crippen molar-refractivity contribution in [2.24, 2.45) is 0 Å². The van der Waals surface area contributed by atoms with Crippen LogP contribution in [0.25, 0.3) is 75.7 Å². The van der Waals surface area contributed by atoms with Crippen LogP contribution < -0.4 is 0 Å². The van der Waals surface area contributed by atoms with E-state index in [1.807, 2.05) is 41.7 Å². The zero-order valence-electron chi connectivity index (χ0n) is 19.1. The van der Waals surface area contributed by atoms with E-state index in [4.69, 9.17) is 14.4 Å². The number of nitrogens with zero attached hydrogens (tertiary/aromatic N) is 2. The number of aromatic nitrogens is 2. The second-order valence-corrected chi connectivity index (χ2v) is 10.1. The Morgan fingerprint density at radius 2 is 1.28 bits per heavy atom. The Morgan fingerprint density at radius 3 is 2.19 bits per heavy atom. The fourth-order valence-electron chi connectivity index (χ4n) is 5.24. The molecule has 0 bridgehead atoms. The molecule has 0 N–H and O–H groups in total. The van der Waals surface area contributed by atoms with E-state index in [-0.39, 0.29) is 0 Å². The fourth-order valence-corrected chi connectivity index (χ4v) is 6.47. The van der Waals surface area contributed by atoms with Crippen molar-refractivity contribution in [3.05, 3.63) is 109 Å². The molecule has 3 aromatic heterocycles. The molecule has 0 saturated heterocycles. The van der Waals surface area contributed by atoms with Gasteiger partial charge in [-0.1, -0.05) is 78.9 Å². The standard InChI is InChI=1S/C32H18N2OS/c1-2-9-21(23-11-7-12-24-22-10-3-6-15-29(22)36-31(23)24)20(8-1)19-16-17-28-25(18-19)30-32(35-28)34-27-14-5-4-13-26(27)33-30/h1-18H. The van der Waals surface area contributed by atoms with Crippen molar-refractivity contribution in [1.82, 2.24) is 9.97 Å². The number of para-hydroxylation sites is 2. The number of fused-ring (bicyclic) bond motifs is 7. The summed E-state index contributed by atoms with van der Waals surface area (Å²) in [6.45, 7) is 0. The normalized spacial score (nSPS) is 11.9. The van der Waals surface area contributed by atoms with Crippen LogP contribution in [0.1, 0.15) is 0 Å². The molecule has 8 rings (SSSR count). The number of hydrogen-bond acceptors (Lipinski definition) is 4. The Balaban J connectivity index is 1.37. The maximum Gasteiger partial charge on any atom is 0.246 e. The highest BCUT2D eigenvalue weighted by Gasteiger charge is 2.16. The SMILES string of the molecule is c1ccc(-c2cccc3c2sc2ccccc23)c(-c2ccc3oc4nc5ccccc5nc4c3c2)c1. The van der Waals surface area contributed by atoms with Crippen molar-refractivity contribution in [3.63, 3.8) is 0 Å². The molecule has 8 aromatic rings. The molecule has 0 atom stereocenters. The summed E-state index contributed by atoms with van der Waals surface area (Å²) in [5.41, 5.74) is 8.68. The summed E-state index contributed by atoms with van der Waals surface area (Å²) in [5.74, 6) is 0. The quantitative estimate of drug-likeness (QED) is 0.248. The highest BCUT2D eigenvalue weighted by atomic mass is 32.1. The molecule has 168 valence electrons. The summed E-state index contributed by atoms with van der Waals surface area (Å²) < 4.78 is 8.72. The van der Waals surface area contributed by atoms with Gasteiger partial charge in [0.15, 0.2) is 0 Å². The van der Waals surface area contributed by atoms with E-state index in [1.54, 1.807) is 0 Å². The van der Waals surface area contributed by atoms with Gasteiger partial charge in [-0.15, -0.1) is 11.3 Å². The summed E-state index contributed by atoms with van der Waals surface area (Å²) in [5, 5.41) is 3.60. The molecule has 0 spiro atoms. The first kappa shape index (κ1) is 19.7. The molecule has 0 amide bonds. The van der Waals surface area contributed by atoms with Gasteiger partial charge >= 0.3 is 0 Å². The molecule has 3 nitrogen and oxygen atoms in total. The minimum absolute atomic E-state index is 0.573. The highest BCUT2D eigenvalue weighted by Crippen LogP contribution is 2.43. The molecule has 0 radical (unpaired) electrons. The van der Waals surface area contributed by atoms with Crippen LogP contribution in [0.5, 0.6) is 0 Å². The third-order valence-corrected chi connectivity index (χ3v) is 8.13. The first-order chi connectivity index (χ1) is 17.8. The van der Waals surface area contributed by atoms with Crippen LogP contribution in [0.4, 0.5) is 0 Å². The molecule has 0 unspecified atom stereocenters. The minimum Gasteiger partial charge on any atom is -0.436 e. The summed E-state index contributed by atoms with van der Waals surface area (Å²) >= 11 is 1.86. The molecule has 3 heterocycles. The van der Waals surface area contributed by atoms with Gasteiger partial charge < -0.3 is 4.42 Å². The third-order valence-electron chi connectivity index (χ3n) is 6.91. The Kier molecular flexibility index (Phi) is 4.10. The molecule has 0 saturated carbocycles. The monoisotopic (exact) mass is 478 g/mol. The molecule has 36 heavy (non-hydrogen) atoms. The van der Waals surface area contributed by atoms with Gasteiger partial charge in [0.25, 0.3) is 0 Å². The van der Waals surface area contributed by atoms with Crippen molar-refractivity contribution in [3.8, 4) is 22.3 Å². The number of furan rings is 1. The lowest BCUT2D eigenvalue weighted by Gasteiger charge is -2.11.